The quantitative estimate of drug-likeness (QED) is 0.481. The van der Waals surface area contributed by atoms with E-state index in [0.29, 0.717) is 28.5 Å². The Labute approximate surface area is 172 Å². The van der Waals surface area contributed by atoms with Gasteiger partial charge in [0.2, 0.25) is 17.7 Å². The van der Waals surface area contributed by atoms with Crippen molar-refractivity contribution >= 4 is 23.7 Å². The summed E-state index contributed by atoms with van der Waals surface area (Å²) >= 11 is 1.49. The maximum Gasteiger partial charge on any atom is 0.229 e. The van der Waals surface area contributed by atoms with Crippen molar-refractivity contribution < 1.29 is 4.42 Å². The molecule has 1 aromatic carbocycles. The zero-order valence-electron chi connectivity index (χ0n) is 16.2. The molecule has 1 unspecified atom stereocenters. The van der Waals surface area contributed by atoms with Gasteiger partial charge in [-0.15, -0.1) is 10.2 Å². The first-order valence-electron chi connectivity index (χ1n) is 8.93. The lowest BCUT2D eigenvalue weighted by atomic mass is 10.3. The van der Waals surface area contributed by atoms with Gasteiger partial charge in [-0.2, -0.15) is 15.0 Å². The van der Waals surface area contributed by atoms with Gasteiger partial charge in [-0.3, -0.25) is 4.57 Å². The number of anilines is 2. The van der Waals surface area contributed by atoms with Crippen LogP contribution in [0.25, 0.3) is 17.3 Å². The van der Waals surface area contributed by atoms with Crippen molar-refractivity contribution in [3.8, 4) is 17.3 Å². The van der Waals surface area contributed by atoms with E-state index < -0.39 is 0 Å². The molecule has 0 amide bonds. The standard InChI is InChI=1S/C19H20N8OS/c1-12(15-21-17(20)23-18(22-15)26(2)3)29-19-25-24-16(14-10-7-11-28-14)27(19)13-8-5-4-6-9-13/h4-12H,1-3H3,(H2,20,21,22,23). The summed E-state index contributed by atoms with van der Waals surface area (Å²) in [4.78, 5) is 14.8. The molecule has 29 heavy (non-hydrogen) atoms. The normalized spacial score (nSPS) is 12.1. The third-order valence-corrected chi connectivity index (χ3v) is 5.13. The van der Waals surface area contributed by atoms with Gasteiger partial charge < -0.3 is 15.1 Å². The third-order valence-electron chi connectivity index (χ3n) is 4.09. The second kappa shape index (κ2) is 7.92. The van der Waals surface area contributed by atoms with Crippen LogP contribution in [0.5, 0.6) is 0 Å². The molecule has 0 aliphatic heterocycles. The summed E-state index contributed by atoms with van der Waals surface area (Å²) in [5.74, 6) is 2.54. The summed E-state index contributed by atoms with van der Waals surface area (Å²) < 4.78 is 7.51. The number of hydrogen-bond acceptors (Lipinski definition) is 9. The zero-order valence-corrected chi connectivity index (χ0v) is 17.0. The minimum atomic E-state index is -0.130. The van der Waals surface area contributed by atoms with Crippen LogP contribution in [0.2, 0.25) is 0 Å². The molecule has 0 saturated heterocycles. The number of nitrogens with zero attached hydrogens (tertiary/aromatic N) is 7. The predicted molar refractivity (Wildman–Crippen MR) is 112 cm³/mol. The number of aromatic nitrogens is 6. The van der Waals surface area contributed by atoms with Crippen molar-refractivity contribution in [2.45, 2.75) is 17.3 Å². The van der Waals surface area contributed by atoms with E-state index in [4.69, 9.17) is 10.2 Å². The van der Waals surface area contributed by atoms with E-state index in [1.54, 1.807) is 11.2 Å². The second-order valence-electron chi connectivity index (χ2n) is 6.46. The molecule has 0 bridgehead atoms. The molecule has 4 rings (SSSR count). The molecule has 4 aromatic rings. The molecule has 148 valence electrons. The SMILES string of the molecule is CC(Sc1nnc(-c2ccco2)n1-c1ccccc1)c1nc(N)nc(N(C)C)n1. The van der Waals surface area contributed by atoms with E-state index in [2.05, 4.69) is 25.1 Å². The highest BCUT2D eigenvalue weighted by Gasteiger charge is 2.22. The summed E-state index contributed by atoms with van der Waals surface area (Å²) in [6.45, 7) is 2.00. The van der Waals surface area contributed by atoms with Gasteiger partial charge in [-0.1, -0.05) is 30.0 Å². The van der Waals surface area contributed by atoms with Gasteiger partial charge in [-0.05, 0) is 31.2 Å². The number of benzene rings is 1. The predicted octanol–water partition coefficient (Wildman–Crippen LogP) is 3.21. The molecule has 3 aromatic heterocycles. The molecular weight excluding hydrogens is 388 g/mol. The highest BCUT2D eigenvalue weighted by molar-refractivity contribution is 7.99. The lowest BCUT2D eigenvalue weighted by Gasteiger charge is -2.15. The minimum Gasteiger partial charge on any atom is -0.461 e. The average molecular weight is 408 g/mol. The number of thioether (sulfide) groups is 1. The number of nitrogens with two attached hydrogens (primary N) is 1. The molecule has 0 spiro atoms. The first-order valence-corrected chi connectivity index (χ1v) is 9.81. The van der Waals surface area contributed by atoms with Gasteiger partial charge in [0, 0.05) is 19.8 Å². The lowest BCUT2D eigenvalue weighted by molar-refractivity contribution is 0.575. The number of para-hydroxylation sites is 1. The number of rotatable bonds is 6. The molecule has 2 N–H and O–H groups in total. The Hall–Kier alpha value is -3.40. The van der Waals surface area contributed by atoms with Crippen LogP contribution in [-0.4, -0.2) is 43.8 Å². The van der Waals surface area contributed by atoms with Crippen LogP contribution in [0.4, 0.5) is 11.9 Å². The van der Waals surface area contributed by atoms with Crippen LogP contribution >= 0.6 is 11.8 Å². The van der Waals surface area contributed by atoms with Crippen molar-refractivity contribution in [2.75, 3.05) is 24.7 Å². The van der Waals surface area contributed by atoms with Gasteiger partial charge in [-0.25, -0.2) is 0 Å². The highest BCUT2D eigenvalue weighted by Crippen LogP contribution is 2.36. The number of furan rings is 1. The Kier molecular flexibility index (Phi) is 5.17. The monoisotopic (exact) mass is 408 g/mol. The van der Waals surface area contributed by atoms with Crippen molar-refractivity contribution in [1.82, 2.24) is 29.7 Å². The highest BCUT2D eigenvalue weighted by atomic mass is 32.2. The molecule has 0 radical (unpaired) electrons. The first kappa shape index (κ1) is 18.9. The maximum absolute atomic E-state index is 5.87. The molecule has 1 atom stereocenters. The molecule has 9 nitrogen and oxygen atoms in total. The minimum absolute atomic E-state index is 0.130. The largest absolute Gasteiger partial charge is 0.461 e. The molecular formula is C19H20N8OS. The van der Waals surface area contributed by atoms with Gasteiger partial charge >= 0.3 is 0 Å². The second-order valence-corrected chi connectivity index (χ2v) is 7.77. The fourth-order valence-corrected chi connectivity index (χ4v) is 3.62. The van der Waals surface area contributed by atoms with Gasteiger partial charge in [0.25, 0.3) is 0 Å². The Morgan fingerprint density at radius 2 is 1.83 bits per heavy atom. The molecule has 0 aliphatic carbocycles. The van der Waals surface area contributed by atoms with Gasteiger partial charge in [0.05, 0.1) is 11.5 Å². The Morgan fingerprint density at radius 3 is 2.52 bits per heavy atom. The summed E-state index contributed by atoms with van der Waals surface area (Å²) in [5.41, 5.74) is 6.81. The molecule has 3 heterocycles. The summed E-state index contributed by atoms with van der Waals surface area (Å²) in [6.07, 6.45) is 1.62. The van der Waals surface area contributed by atoms with Crippen molar-refractivity contribution in [2.24, 2.45) is 0 Å². The van der Waals surface area contributed by atoms with Crippen LogP contribution in [0.15, 0.2) is 58.3 Å². The number of hydrogen-bond donors (Lipinski definition) is 1. The first-order chi connectivity index (χ1) is 14.0. The van der Waals surface area contributed by atoms with Crippen molar-refractivity contribution in [1.29, 1.82) is 0 Å². The van der Waals surface area contributed by atoms with E-state index in [1.165, 1.54) is 11.8 Å². The molecule has 10 heteroatoms. The smallest absolute Gasteiger partial charge is 0.229 e. The van der Waals surface area contributed by atoms with Crippen molar-refractivity contribution in [3.63, 3.8) is 0 Å². The number of nitrogen functional groups attached to an aromatic ring is 1. The van der Waals surface area contributed by atoms with E-state index in [9.17, 15) is 0 Å². The van der Waals surface area contributed by atoms with E-state index in [-0.39, 0.29) is 11.2 Å². The lowest BCUT2D eigenvalue weighted by Crippen LogP contribution is -2.16. The third kappa shape index (κ3) is 3.92. The molecule has 0 fully saturated rings. The van der Waals surface area contributed by atoms with E-state index in [1.807, 2.05) is 68.1 Å². The Balaban J connectivity index is 1.73. The van der Waals surface area contributed by atoms with Crippen LogP contribution in [-0.2, 0) is 0 Å². The van der Waals surface area contributed by atoms with Gasteiger partial charge in [0.15, 0.2) is 10.9 Å². The Morgan fingerprint density at radius 1 is 1.03 bits per heavy atom. The Bertz CT molecular complexity index is 1090. The molecule has 0 aliphatic rings. The zero-order chi connectivity index (χ0) is 20.4. The van der Waals surface area contributed by atoms with Crippen LogP contribution in [0.1, 0.15) is 18.0 Å². The van der Waals surface area contributed by atoms with Crippen molar-refractivity contribution in [3.05, 3.63) is 54.6 Å². The topological polar surface area (TPSA) is 112 Å². The fraction of sp³-hybridized carbons (Fsp3) is 0.211. The van der Waals surface area contributed by atoms with Gasteiger partial charge in [0.1, 0.15) is 5.82 Å². The molecule has 0 saturated carbocycles. The average Bonchev–Trinajstić information content (AvgIpc) is 3.37. The fourth-order valence-electron chi connectivity index (χ4n) is 2.71. The summed E-state index contributed by atoms with van der Waals surface area (Å²) in [7, 11) is 3.72. The van der Waals surface area contributed by atoms with Crippen LogP contribution in [0.3, 0.4) is 0 Å². The van der Waals surface area contributed by atoms with Crippen LogP contribution < -0.4 is 10.6 Å². The van der Waals surface area contributed by atoms with E-state index >= 15 is 0 Å². The maximum atomic E-state index is 5.87. The van der Waals surface area contributed by atoms with Crippen LogP contribution in [0, 0.1) is 0 Å². The summed E-state index contributed by atoms with van der Waals surface area (Å²) in [6, 6.07) is 13.6. The summed E-state index contributed by atoms with van der Waals surface area (Å²) in [5, 5.41) is 9.32. The van der Waals surface area contributed by atoms with E-state index in [0.717, 1.165) is 5.69 Å².